The average molecular weight is 314 g/mol. The Hall–Kier alpha value is -0.790. The van der Waals surface area contributed by atoms with E-state index in [1.54, 1.807) is 11.6 Å². The van der Waals surface area contributed by atoms with Crippen LogP contribution >= 0.6 is 11.6 Å². The van der Waals surface area contributed by atoms with E-state index in [-0.39, 0.29) is 12.6 Å². The van der Waals surface area contributed by atoms with Crippen molar-refractivity contribution in [2.45, 2.75) is 45.5 Å². The van der Waals surface area contributed by atoms with E-state index < -0.39 is 12.8 Å². The fraction of sp³-hybridized carbons (Fsp3) is 0.750. The summed E-state index contributed by atoms with van der Waals surface area (Å²) in [5, 5.41) is 4.83. The van der Waals surface area contributed by atoms with Crippen molar-refractivity contribution in [3.8, 4) is 0 Å². The number of rotatable bonds is 7. The van der Waals surface area contributed by atoms with Crippen molar-refractivity contribution in [1.29, 1.82) is 0 Å². The summed E-state index contributed by atoms with van der Waals surface area (Å²) in [6.07, 6.45) is -3.51. The summed E-state index contributed by atoms with van der Waals surface area (Å²) < 4.78 is 42.0. The maximum Gasteiger partial charge on any atom is 0.411 e. The molecule has 1 unspecified atom stereocenters. The Morgan fingerprint density at radius 1 is 1.45 bits per heavy atom. The molecule has 1 rings (SSSR count). The van der Waals surface area contributed by atoms with E-state index >= 15 is 0 Å². The van der Waals surface area contributed by atoms with Crippen LogP contribution in [-0.2, 0) is 17.7 Å². The summed E-state index contributed by atoms with van der Waals surface area (Å²) in [6.45, 7) is 3.13. The van der Waals surface area contributed by atoms with Gasteiger partial charge >= 0.3 is 6.18 Å². The zero-order valence-corrected chi connectivity index (χ0v) is 12.3. The van der Waals surface area contributed by atoms with Crippen LogP contribution in [0.3, 0.4) is 0 Å². The fourth-order valence-corrected chi connectivity index (χ4v) is 2.05. The molecule has 1 heterocycles. The molecule has 2 N–H and O–H groups in total. The molecular formula is C12H19ClF3N3O. The fourth-order valence-electron chi connectivity index (χ4n) is 1.84. The molecule has 0 aromatic carbocycles. The van der Waals surface area contributed by atoms with Gasteiger partial charge in [0.1, 0.15) is 6.61 Å². The molecule has 1 aromatic rings. The lowest BCUT2D eigenvalue weighted by Crippen LogP contribution is -2.27. The van der Waals surface area contributed by atoms with Gasteiger partial charge in [0.2, 0.25) is 0 Å². The smallest absolute Gasteiger partial charge is 0.372 e. The minimum absolute atomic E-state index is 0.0302. The van der Waals surface area contributed by atoms with E-state index in [9.17, 15) is 13.2 Å². The largest absolute Gasteiger partial charge is 0.411 e. The molecule has 116 valence electrons. The number of ether oxygens (including phenoxy) is 1. The van der Waals surface area contributed by atoms with Crippen LogP contribution in [0.25, 0.3) is 0 Å². The van der Waals surface area contributed by atoms with Crippen molar-refractivity contribution in [2.24, 2.45) is 5.73 Å². The van der Waals surface area contributed by atoms with Gasteiger partial charge in [-0.1, -0.05) is 11.6 Å². The Bertz CT molecular complexity index is 434. The lowest BCUT2D eigenvalue weighted by Gasteiger charge is -2.14. The number of hydrogen-bond acceptors (Lipinski definition) is 3. The maximum absolute atomic E-state index is 11.9. The SMILES string of the molecule is CCn1nc(C)c(Cl)c1CC(N)CCOCC(F)(F)F. The Morgan fingerprint density at radius 2 is 2.10 bits per heavy atom. The average Bonchev–Trinajstić information content (AvgIpc) is 2.61. The third-order valence-electron chi connectivity index (χ3n) is 2.81. The van der Waals surface area contributed by atoms with Gasteiger partial charge in [-0.2, -0.15) is 18.3 Å². The molecule has 4 nitrogen and oxygen atoms in total. The van der Waals surface area contributed by atoms with E-state index in [0.717, 1.165) is 11.4 Å². The molecule has 8 heteroatoms. The summed E-state index contributed by atoms with van der Waals surface area (Å²) in [7, 11) is 0. The molecule has 0 fully saturated rings. The highest BCUT2D eigenvalue weighted by Gasteiger charge is 2.27. The number of aromatic nitrogens is 2. The summed E-state index contributed by atoms with van der Waals surface area (Å²) >= 11 is 6.14. The van der Waals surface area contributed by atoms with Crippen molar-refractivity contribution < 1.29 is 17.9 Å². The van der Waals surface area contributed by atoms with Crippen LogP contribution < -0.4 is 5.73 Å². The zero-order valence-electron chi connectivity index (χ0n) is 11.5. The third-order valence-corrected chi connectivity index (χ3v) is 3.30. The number of nitrogens with zero attached hydrogens (tertiary/aromatic N) is 2. The first-order valence-electron chi connectivity index (χ1n) is 6.36. The Kier molecular flexibility index (Phi) is 6.29. The Labute approximate surface area is 121 Å². The second-order valence-electron chi connectivity index (χ2n) is 4.58. The zero-order chi connectivity index (χ0) is 15.3. The highest BCUT2D eigenvalue weighted by molar-refractivity contribution is 6.31. The summed E-state index contributed by atoms with van der Waals surface area (Å²) in [5.41, 5.74) is 7.44. The van der Waals surface area contributed by atoms with Crippen molar-refractivity contribution in [3.63, 3.8) is 0 Å². The standard InChI is InChI=1S/C12H19ClF3N3O/c1-3-19-10(11(13)8(2)18-19)6-9(17)4-5-20-7-12(14,15)16/h9H,3-7,17H2,1-2H3. The van der Waals surface area contributed by atoms with Gasteiger partial charge in [0, 0.05) is 25.6 Å². The highest BCUT2D eigenvalue weighted by Crippen LogP contribution is 2.22. The molecule has 1 atom stereocenters. The predicted octanol–water partition coefficient (Wildman–Crippen LogP) is 2.70. The van der Waals surface area contributed by atoms with Crippen LogP contribution in [0.4, 0.5) is 13.2 Å². The molecule has 0 saturated carbocycles. The minimum atomic E-state index is -4.30. The monoisotopic (exact) mass is 313 g/mol. The molecule has 0 amide bonds. The number of nitrogens with two attached hydrogens (primary N) is 1. The minimum Gasteiger partial charge on any atom is -0.372 e. The quantitative estimate of drug-likeness (QED) is 0.787. The molecule has 0 spiro atoms. The summed E-state index contributed by atoms with van der Waals surface area (Å²) in [6, 6.07) is -0.317. The third kappa shape index (κ3) is 5.30. The van der Waals surface area contributed by atoms with Gasteiger partial charge in [0.05, 0.1) is 16.4 Å². The van der Waals surface area contributed by atoms with E-state index in [1.165, 1.54) is 0 Å². The predicted molar refractivity (Wildman–Crippen MR) is 70.8 cm³/mol. The number of halogens is 4. The van der Waals surface area contributed by atoms with E-state index in [4.69, 9.17) is 17.3 Å². The van der Waals surface area contributed by atoms with Crippen LogP contribution in [0, 0.1) is 6.92 Å². The lowest BCUT2D eigenvalue weighted by atomic mass is 10.1. The highest BCUT2D eigenvalue weighted by atomic mass is 35.5. The van der Waals surface area contributed by atoms with Gasteiger partial charge in [-0.25, -0.2) is 0 Å². The van der Waals surface area contributed by atoms with Crippen LogP contribution in [0.5, 0.6) is 0 Å². The van der Waals surface area contributed by atoms with Crippen LogP contribution in [0.15, 0.2) is 0 Å². The van der Waals surface area contributed by atoms with Crippen molar-refractivity contribution in [2.75, 3.05) is 13.2 Å². The lowest BCUT2D eigenvalue weighted by molar-refractivity contribution is -0.174. The molecular weight excluding hydrogens is 295 g/mol. The van der Waals surface area contributed by atoms with Crippen molar-refractivity contribution >= 4 is 11.6 Å². The number of hydrogen-bond donors (Lipinski definition) is 1. The van der Waals surface area contributed by atoms with Crippen molar-refractivity contribution in [3.05, 3.63) is 16.4 Å². The molecule has 0 aliphatic carbocycles. The topological polar surface area (TPSA) is 53.1 Å². The number of alkyl halides is 3. The molecule has 0 aliphatic heterocycles. The van der Waals surface area contributed by atoms with Gasteiger partial charge in [0.15, 0.2) is 0 Å². The normalized spacial score (nSPS) is 13.8. The Balaban J connectivity index is 2.45. The summed E-state index contributed by atoms with van der Waals surface area (Å²) in [5.74, 6) is 0. The van der Waals surface area contributed by atoms with Crippen molar-refractivity contribution in [1.82, 2.24) is 9.78 Å². The van der Waals surface area contributed by atoms with Crippen LogP contribution in [0.1, 0.15) is 24.7 Å². The summed E-state index contributed by atoms with van der Waals surface area (Å²) in [4.78, 5) is 0. The van der Waals surface area contributed by atoms with Gasteiger partial charge in [-0.15, -0.1) is 0 Å². The molecule has 0 aliphatic rings. The van der Waals surface area contributed by atoms with Gasteiger partial charge in [0.25, 0.3) is 0 Å². The first-order valence-corrected chi connectivity index (χ1v) is 6.74. The number of aryl methyl sites for hydroxylation is 2. The first-order chi connectivity index (χ1) is 9.24. The molecule has 1 aromatic heterocycles. The molecule has 0 saturated heterocycles. The maximum atomic E-state index is 11.9. The Morgan fingerprint density at radius 3 is 2.65 bits per heavy atom. The second-order valence-corrected chi connectivity index (χ2v) is 4.96. The molecule has 0 bridgehead atoms. The van der Waals surface area contributed by atoms with E-state index in [1.807, 2.05) is 6.92 Å². The van der Waals surface area contributed by atoms with E-state index in [0.29, 0.717) is 24.4 Å². The second kappa shape index (κ2) is 7.28. The van der Waals surface area contributed by atoms with Crippen LogP contribution in [0.2, 0.25) is 5.02 Å². The van der Waals surface area contributed by atoms with E-state index in [2.05, 4.69) is 9.84 Å². The van der Waals surface area contributed by atoms with Crippen LogP contribution in [-0.4, -0.2) is 35.2 Å². The van der Waals surface area contributed by atoms with Gasteiger partial charge < -0.3 is 10.5 Å². The molecule has 0 radical (unpaired) electrons. The van der Waals surface area contributed by atoms with Gasteiger partial charge in [-0.3, -0.25) is 4.68 Å². The molecule has 20 heavy (non-hydrogen) atoms. The van der Waals surface area contributed by atoms with Gasteiger partial charge in [-0.05, 0) is 20.3 Å². The first kappa shape index (κ1) is 17.3.